The number of H-pyrrole nitrogens is 1. The summed E-state index contributed by atoms with van der Waals surface area (Å²) >= 11 is 6.73. The van der Waals surface area contributed by atoms with Crippen molar-refractivity contribution in [2.75, 3.05) is 0 Å². The van der Waals surface area contributed by atoms with Crippen LogP contribution in [-0.2, 0) is 26.5 Å². The van der Waals surface area contributed by atoms with Crippen molar-refractivity contribution in [2.45, 2.75) is 88.6 Å². The second-order valence-electron chi connectivity index (χ2n) is 14.9. The molecule has 0 radical (unpaired) electrons. The number of carbonyl (C=O) groups excluding carboxylic acids is 1. The van der Waals surface area contributed by atoms with E-state index in [-0.39, 0.29) is 23.3 Å². The fraction of sp³-hybridized carbons (Fsp3) is 0.341. The van der Waals surface area contributed by atoms with E-state index < -0.39 is 35.5 Å². The Hall–Kier alpha value is -4.05. The lowest BCUT2D eigenvalue weighted by atomic mass is 9.97. The van der Waals surface area contributed by atoms with E-state index in [9.17, 15) is 36.3 Å². The van der Waals surface area contributed by atoms with Gasteiger partial charge in [-0.3, -0.25) is 9.59 Å². The van der Waals surface area contributed by atoms with Crippen LogP contribution in [0.3, 0.4) is 0 Å². The third kappa shape index (κ3) is 7.20. The molecule has 2 aliphatic rings. The van der Waals surface area contributed by atoms with E-state index in [0.29, 0.717) is 92.4 Å². The van der Waals surface area contributed by atoms with E-state index in [4.69, 9.17) is 0 Å². The van der Waals surface area contributed by atoms with Gasteiger partial charge in [0.15, 0.2) is 5.78 Å². The summed E-state index contributed by atoms with van der Waals surface area (Å²) in [5.41, 5.74) is 4.84. The predicted molar refractivity (Wildman–Crippen MR) is 227 cm³/mol. The molecule has 15 heteroatoms. The van der Waals surface area contributed by atoms with Gasteiger partial charge in [0, 0.05) is 55.4 Å². The molecule has 0 saturated heterocycles. The first-order chi connectivity index (χ1) is 26.2. The van der Waals surface area contributed by atoms with Crippen molar-refractivity contribution < 1.29 is 31.5 Å². The van der Waals surface area contributed by atoms with Gasteiger partial charge < -0.3 is 10.1 Å². The molecule has 0 spiro atoms. The first-order valence-electron chi connectivity index (χ1n) is 18.0. The van der Waals surface area contributed by atoms with Gasteiger partial charge in [0.2, 0.25) is 20.0 Å². The lowest BCUT2D eigenvalue weighted by Gasteiger charge is -2.16. The molecule has 3 aromatic heterocycles. The Bertz CT molecular complexity index is 2770. The first kappa shape index (κ1) is 41.6. The van der Waals surface area contributed by atoms with Crippen molar-refractivity contribution in [1.29, 1.82) is 0 Å². The molecular weight excluding hydrogens is 886 g/mol. The Labute approximate surface area is 342 Å². The standard InChI is InChI=1S/C25H27BrN2O4S.C16H16BrNO4S/c1-5-8-25(9-10-25)33(31,32)28-14-16(3)23-20(12-18(26)13-21(23)28)22(29)7-6-19-15(2)11-17(4)27-24(19)30;1-3-4-16(5-6-16)23(21,22)18-9-10(2)14-12(15(19)20)7-11(17)8-13(14)18/h5,11-14H,1,6-10H2,2-4H3,(H,27,30);3,7-9H,1,4-6H2,2H3,(H,19,20). The maximum Gasteiger partial charge on any atom is 0.336 e. The number of carboxylic acid groups (broad SMARTS) is 1. The molecule has 56 heavy (non-hydrogen) atoms. The lowest BCUT2D eigenvalue weighted by Crippen LogP contribution is -2.28. The molecule has 2 aromatic carbocycles. The van der Waals surface area contributed by atoms with Crippen LogP contribution in [-0.4, -0.2) is 56.1 Å². The lowest BCUT2D eigenvalue weighted by molar-refractivity contribution is 0.0698. The molecule has 2 fully saturated rings. The van der Waals surface area contributed by atoms with Gasteiger partial charge in [-0.2, -0.15) is 0 Å². The third-order valence-electron chi connectivity index (χ3n) is 10.9. The molecule has 2 saturated carbocycles. The van der Waals surface area contributed by atoms with Crippen molar-refractivity contribution in [3.8, 4) is 0 Å². The zero-order chi connectivity index (χ0) is 41.1. The number of nitrogens with one attached hydrogen (secondary N) is 1. The Morgan fingerprint density at radius 2 is 1.21 bits per heavy atom. The van der Waals surface area contributed by atoms with E-state index in [1.807, 2.05) is 26.8 Å². The number of hydrogen-bond donors (Lipinski definition) is 2. The van der Waals surface area contributed by atoms with E-state index in [0.717, 1.165) is 16.8 Å². The van der Waals surface area contributed by atoms with Gasteiger partial charge >= 0.3 is 5.97 Å². The molecule has 0 unspecified atom stereocenters. The second-order valence-corrected chi connectivity index (χ2v) is 21.2. The first-order valence-corrected chi connectivity index (χ1v) is 22.5. The van der Waals surface area contributed by atoms with Gasteiger partial charge in [-0.05, 0) is 120 Å². The molecule has 2 aliphatic carbocycles. The number of rotatable bonds is 13. The number of fused-ring (bicyclic) bond motifs is 2. The van der Waals surface area contributed by atoms with E-state index in [2.05, 4.69) is 50.0 Å². The minimum Gasteiger partial charge on any atom is -0.478 e. The highest BCUT2D eigenvalue weighted by Gasteiger charge is 2.55. The van der Waals surface area contributed by atoms with Crippen LogP contribution in [0.5, 0.6) is 0 Å². The maximum absolute atomic E-state index is 13.5. The maximum atomic E-state index is 13.5. The van der Waals surface area contributed by atoms with Gasteiger partial charge in [-0.1, -0.05) is 44.0 Å². The van der Waals surface area contributed by atoms with Gasteiger partial charge in [0.05, 0.1) is 26.1 Å². The average Bonchev–Trinajstić information content (AvgIpc) is 4.03. The topological polar surface area (TPSA) is 165 Å². The highest BCUT2D eigenvalue weighted by Crippen LogP contribution is 2.50. The number of ketones is 1. The molecule has 7 rings (SSSR count). The summed E-state index contributed by atoms with van der Waals surface area (Å²) in [4.78, 5) is 39.9. The molecule has 3 heterocycles. The molecular formula is C41H43Br2N3O8S2. The number of aromatic carboxylic acids is 1. The summed E-state index contributed by atoms with van der Waals surface area (Å²) in [5.74, 6) is -1.21. The van der Waals surface area contributed by atoms with Crippen LogP contribution in [0.25, 0.3) is 21.8 Å². The number of pyridine rings is 1. The van der Waals surface area contributed by atoms with Crippen molar-refractivity contribution in [3.63, 3.8) is 0 Å². The largest absolute Gasteiger partial charge is 0.478 e. The molecule has 5 aromatic rings. The van der Waals surface area contributed by atoms with Crippen LogP contribution in [0.15, 0.2) is 81.8 Å². The monoisotopic (exact) mass is 927 g/mol. The number of hydrogen-bond acceptors (Lipinski definition) is 7. The molecule has 11 nitrogen and oxygen atoms in total. The number of aromatic nitrogens is 3. The zero-order valence-corrected chi connectivity index (χ0v) is 36.3. The van der Waals surface area contributed by atoms with Gasteiger partial charge in [0.25, 0.3) is 5.56 Å². The SMILES string of the molecule is C=CCC1(S(=O)(=O)n2cc(C)c3c(C(=O)CCc4c(C)cc(C)[nH]c4=O)cc(Br)cc32)CC1.C=CCC1(S(=O)(=O)n2cc(C)c3c(C(=O)O)cc(Br)cc32)CC1. The molecule has 2 N–H and O–H groups in total. The molecule has 0 aliphatic heterocycles. The third-order valence-corrected chi connectivity index (χ3v) is 16.8. The normalized spacial score (nSPS) is 15.6. The summed E-state index contributed by atoms with van der Waals surface area (Å²) in [6, 6.07) is 8.51. The van der Waals surface area contributed by atoms with Crippen molar-refractivity contribution in [2.24, 2.45) is 0 Å². The van der Waals surface area contributed by atoms with E-state index in [1.54, 1.807) is 43.5 Å². The van der Waals surface area contributed by atoms with Gasteiger partial charge in [-0.25, -0.2) is 29.6 Å². The number of aryl methyl sites for hydroxylation is 4. The number of carbonyl (C=O) groups is 2. The number of Topliss-reactive ketones (excluding diaryl/α,β-unsaturated/α-hetero) is 1. The highest BCUT2D eigenvalue weighted by atomic mass is 79.9. The van der Waals surface area contributed by atoms with E-state index in [1.165, 1.54) is 20.2 Å². The Morgan fingerprint density at radius 3 is 1.62 bits per heavy atom. The van der Waals surface area contributed by atoms with Crippen LogP contribution < -0.4 is 5.56 Å². The van der Waals surface area contributed by atoms with Crippen LogP contribution in [0.2, 0.25) is 0 Å². The number of benzene rings is 2. The van der Waals surface area contributed by atoms with Gasteiger partial charge in [0.1, 0.15) is 0 Å². The van der Waals surface area contributed by atoms with Crippen molar-refractivity contribution in [3.05, 3.63) is 126 Å². The van der Waals surface area contributed by atoms with E-state index >= 15 is 0 Å². The smallest absolute Gasteiger partial charge is 0.336 e. The Balaban J connectivity index is 0.000000202. The number of carboxylic acids is 1. The minimum absolute atomic E-state index is 0.0920. The molecule has 0 bridgehead atoms. The number of allylic oxidation sites excluding steroid dienone is 2. The summed E-state index contributed by atoms with van der Waals surface area (Å²) in [6.07, 6.45) is 10.1. The van der Waals surface area contributed by atoms with Crippen LogP contribution in [0.4, 0.5) is 0 Å². The minimum atomic E-state index is -3.66. The van der Waals surface area contributed by atoms with Crippen LogP contribution in [0, 0.1) is 27.7 Å². The summed E-state index contributed by atoms with van der Waals surface area (Å²) in [6.45, 7) is 14.6. The predicted octanol–water partition coefficient (Wildman–Crippen LogP) is 8.82. The fourth-order valence-electron chi connectivity index (χ4n) is 7.69. The molecule has 0 atom stereocenters. The number of nitrogens with zero attached hydrogens (tertiary/aromatic N) is 2. The van der Waals surface area contributed by atoms with Gasteiger partial charge in [-0.15, -0.1) is 13.2 Å². The number of aromatic amines is 1. The zero-order valence-electron chi connectivity index (χ0n) is 31.5. The van der Waals surface area contributed by atoms with Crippen LogP contribution in [0.1, 0.15) is 93.6 Å². The van der Waals surface area contributed by atoms with Crippen molar-refractivity contribution in [1.82, 2.24) is 12.9 Å². The molecule has 0 amide bonds. The second kappa shape index (κ2) is 15.0. The summed E-state index contributed by atoms with van der Waals surface area (Å²) in [7, 11) is -7.28. The molecule has 296 valence electrons. The average molecular weight is 930 g/mol. The Kier molecular flexibility index (Phi) is 11.2. The van der Waals surface area contributed by atoms with Crippen molar-refractivity contribution >= 4 is 85.5 Å². The Morgan fingerprint density at radius 1 is 0.768 bits per heavy atom. The quantitative estimate of drug-likeness (QED) is 0.0874. The number of halogens is 2. The summed E-state index contributed by atoms with van der Waals surface area (Å²) < 4.78 is 55.3. The fourth-order valence-corrected chi connectivity index (χ4v) is 12.7. The summed E-state index contributed by atoms with van der Waals surface area (Å²) in [5, 5.41) is 10.5. The van der Waals surface area contributed by atoms with Crippen LogP contribution >= 0.6 is 31.9 Å². The highest BCUT2D eigenvalue weighted by molar-refractivity contribution is 9.10.